The van der Waals surface area contributed by atoms with Crippen LogP contribution in [0.5, 0.6) is 0 Å². The van der Waals surface area contributed by atoms with Crippen molar-refractivity contribution >= 4 is 17.6 Å². The Morgan fingerprint density at radius 2 is 2.16 bits per heavy atom. The lowest BCUT2D eigenvalue weighted by molar-refractivity contribution is -0.141. The molecule has 0 spiro atoms. The van der Waals surface area contributed by atoms with E-state index in [2.05, 4.69) is 5.10 Å². The fraction of sp³-hybridized carbons (Fsp3) is 0.286. The van der Waals surface area contributed by atoms with Crippen LogP contribution < -0.4 is 0 Å². The van der Waals surface area contributed by atoms with E-state index >= 15 is 0 Å². The third-order valence-corrected chi connectivity index (χ3v) is 3.38. The van der Waals surface area contributed by atoms with E-state index in [9.17, 15) is 9.90 Å². The highest BCUT2D eigenvalue weighted by Crippen LogP contribution is 2.21. The zero-order valence-corrected chi connectivity index (χ0v) is 11.3. The number of carbonyl (C=O) groups is 1. The molecule has 0 aliphatic rings. The number of benzene rings is 1. The van der Waals surface area contributed by atoms with Crippen molar-refractivity contribution < 1.29 is 9.90 Å². The van der Waals surface area contributed by atoms with Crippen LogP contribution in [0.1, 0.15) is 11.1 Å². The maximum Gasteiger partial charge on any atom is 0.307 e. The predicted octanol–water partition coefficient (Wildman–Crippen LogP) is 2.56. The Hall–Kier alpha value is -1.81. The van der Waals surface area contributed by atoms with Crippen LogP contribution in [0.15, 0.2) is 36.7 Å². The van der Waals surface area contributed by atoms with Gasteiger partial charge in [-0.15, -0.1) is 0 Å². The van der Waals surface area contributed by atoms with Crippen molar-refractivity contribution in [3.8, 4) is 0 Å². The lowest BCUT2D eigenvalue weighted by Crippen LogP contribution is -2.19. The highest BCUT2D eigenvalue weighted by Gasteiger charge is 2.20. The summed E-state index contributed by atoms with van der Waals surface area (Å²) in [6.07, 6.45) is 4.41. The van der Waals surface area contributed by atoms with Crippen LogP contribution in [-0.2, 0) is 24.7 Å². The first-order chi connectivity index (χ1) is 9.06. The van der Waals surface area contributed by atoms with E-state index < -0.39 is 11.9 Å². The van der Waals surface area contributed by atoms with Crippen LogP contribution in [0.2, 0.25) is 5.02 Å². The number of aliphatic carboxylic acids is 1. The third-order valence-electron chi connectivity index (χ3n) is 3.01. The molecule has 2 rings (SSSR count). The van der Waals surface area contributed by atoms with E-state index in [0.29, 0.717) is 17.9 Å². The topological polar surface area (TPSA) is 55.1 Å². The smallest absolute Gasteiger partial charge is 0.307 e. The number of aromatic nitrogens is 2. The van der Waals surface area contributed by atoms with Crippen LogP contribution >= 0.6 is 11.6 Å². The summed E-state index contributed by atoms with van der Waals surface area (Å²) in [5.74, 6) is -1.31. The van der Waals surface area contributed by atoms with Gasteiger partial charge >= 0.3 is 5.97 Å². The van der Waals surface area contributed by atoms with Gasteiger partial charge in [-0.05, 0) is 30.0 Å². The minimum Gasteiger partial charge on any atom is -0.481 e. The van der Waals surface area contributed by atoms with Gasteiger partial charge in [-0.25, -0.2) is 0 Å². The van der Waals surface area contributed by atoms with Crippen molar-refractivity contribution in [3.63, 3.8) is 0 Å². The summed E-state index contributed by atoms with van der Waals surface area (Å²) in [6, 6.07) is 7.34. The molecule has 0 amide bonds. The maximum atomic E-state index is 11.4. The molecule has 1 unspecified atom stereocenters. The Morgan fingerprint density at radius 1 is 1.42 bits per heavy atom. The molecule has 1 aromatic heterocycles. The number of rotatable bonds is 5. The van der Waals surface area contributed by atoms with Crippen molar-refractivity contribution in [1.82, 2.24) is 9.78 Å². The van der Waals surface area contributed by atoms with E-state index in [1.165, 1.54) is 0 Å². The van der Waals surface area contributed by atoms with Crippen LogP contribution in [0, 0.1) is 5.92 Å². The lowest BCUT2D eigenvalue weighted by Gasteiger charge is -2.12. The molecule has 19 heavy (non-hydrogen) atoms. The van der Waals surface area contributed by atoms with Gasteiger partial charge in [-0.2, -0.15) is 5.10 Å². The van der Waals surface area contributed by atoms with Gasteiger partial charge in [0, 0.05) is 18.3 Å². The molecule has 0 fully saturated rings. The highest BCUT2D eigenvalue weighted by molar-refractivity contribution is 6.31. The maximum absolute atomic E-state index is 11.4. The monoisotopic (exact) mass is 278 g/mol. The van der Waals surface area contributed by atoms with Gasteiger partial charge < -0.3 is 5.11 Å². The summed E-state index contributed by atoms with van der Waals surface area (Å²) in [5, 5.41) is 14.0. The average Bonchev–Trinajstić information content (AvgIpc) is 2.76. The second-order valence-corrected chi connectivity index (χ2v) is 4.96. The molecule has 0 radical (unpaired) electrons. The molecule has 1 N–H and O–H groups in total. The molecule has 5 heteroatoms. The van der Waals surface area contributed by atoms with Gasteiger partial charge in [0.05, 0.1) is 12.1 Å². The zero-order valence-electron chi connectivity index (χ0n) is 10.6. The van der Waals surface area contributed by atoms with Crippen molar-refractivity contribution in [3.05, 3.63) is 52.8 Å². The van der Waals surface area contributed by atoms with Gasteiger partial charge in [0.15, 0.2) is 0 Å². The zero-order chi connectivity index (χ0) is 13.8. The Morgan fingerprint density at radius 3 is 2.74 bits per heavy atom. The van der Waals surface area contributed by atoms with Crippen molar-refractivity contribution in [2.75, 3.05) is 0 Å². The Kier molecular flexibility index (Phi) is 4.22. The van der Waals surface area contributed by atoms with E-state index in [0.717, 1.165) is 11.1 Å². The molecule has 1 heterocycles. The second-order valence-electron chi connectivity index (χ2n) is 4.56. The predicted molar refractivity (Wildman–Crippen MR) is 73.2 cm³/mol. The number of halogens is 1. The number of aryl methyl sites for hydroxylation is 1. The minimum atomic E-state index is -0.816. The van der Waals surface area contributed by atoms with Crippen LogP contribution in [0.4, 0.5) is 0 Å². The number of hydrogen-bond donors (Lipinski definition) is 1. The number of hydrogen-bond acceptors (Lipinski definition) is 2. The number of carboxylic acids is 1. The molecule has 0 aliphatic heterocycles. The van der Waals surface area contributed by atoms with Crippen LogP contribution in [0.3, 0.4) is 0 Å². The molecule has 0 aliphatic carbocycles. The normalized spacial score (nSPS) is 12.3. The fourth-order valence-electron chi connectivity index (χ4n) is 2.04. The van der Waals surface area contributed by atoms with Gasteiger partial charge in [0.25, 0.3) is 0 Å². The van der Waals surface area contributed by atoms with Gasteiger partial charge in [0.1, 0.15) is 0 Å². The largest absolute Gasteiger partial charge is 0.481 e. The Balaban J connectivity index is 2.13. The van der Waals surface area contributed by atoms with Crippen LogP contribution in [-0.4, -0.2) is 20.9 Å². The van der Waals surface area contributed by atoms with E-state index in [-0.39, 0.29) is 0 Å². The van der Waals surface area contributed by atoms with E-state index in [4.69, 9.17) is 11.6 Å². The molecular formula is C14H15ClN2O2. The molecule has 0 bridgehead atoms. The summed E-state index contributed by atoms with van der Waals surface area (Å²) in [5.41, 5.74) is 1.78. The number of nitrogens with zero attached hydrogens (tertiary/aromatic N) is 2. The molecule has 2 aromatic rings. The SMILES string of the molecule is Cn1cc(CC(Cc2ccccc2Cl)C(=O)O)cn1. The van der Waals surface area contributed by atoms with Crippen LogP contribution in [0.25, 0.3) is 0 Å². The Bertz CT molecular complexity index is 580. The first-order valence-electron chi connectivity index (χ1n) is 6.00. The first-order valence-corrected chi connectivity index (χ1v) is 6.38. The van der Waals surface area contributed by atoms with Crippen molar-refractivity contribution in [2.45, 2.75) is 12.8 Å². The van der Waals surface area contributed by atoms with Crippen molar-refractivity contribution in [1.29, 1.82) is 0 Å². The molecule has 0 saturated heterocycles. The third kappa shape index (κ3) is 3.58. The molecule has 0 saturated carbocycles. The summed E-state index contributed by atoms with van der Waals surface area (Å²) in [4.78, 5) is 11.4. The van der Waals surface area contributed by atoms with Crippen molar-refractivity contribution in [2.24, 2.45) is 13.0 Å². The highest BCUT2D eigenvalue weighted by atomic mass is 35.5. The fourth-order valence-corrected chi connectivity index (χ4v) is 2.25. The molecule has 4 nitrogen and oxygen atoms in total. The average molecular weight is 279 g/mol. The number of carboxylic acid groups (broad SMARTS) is 1. The summed E-state index contributed by atoms with van der Waals surface area (Å²) in [7, 11) is 1.81. The second kappa shape index (κ2) is 5.89. The molecule has 1 atom stereocenters. The molecular weight excluding hydrogens is 264 g/mol. The summed E-state index contributed by atoms with van der Waals surface area (Å²) < 4.78 is 1.67. The standard InChI is InChI=1S/C14H15ClN2O2/c1-17-9-10(8-16-17)6-12(14(18)19)7-11-4-2-3-5-13(11)15/h2-5,8-9,12H,6-7H2,1H3,(H,18,19). The molecule has 100 valence electrons. The first kappa shape index (κ1) is 13.6. The minimum absolute atomic E-state index is 0.421. The molecule has 1 aromatic carbocycles. The van der Waals surface area contributed by atoms with E-state index in [1.807, 2.05) is 31.4 Å². The Labute approximate surface area is 116 Å². The van der Waals surface area contributed by atoms with Gasteiger partial charge in [-0.1, -0.05) is 29.8 Å². The lowest BCUT2D eigenvalue weighted by atomic mass is 9.94. The summed E-state index contributed by atoms with van der Waals surface area (Å²) in [6.45, 7) is 0. The van der Waals surface area contributed by atoms with Gasteiger partial charge in [0.2, 0.25) is 0 Å². The quantitative estimate of drug-likeness (QED) is 0.914. The summed E-state index contributed by atoms with van der Waals surface area (Å²) >= 11 is 6.07. The van der Waals surface area contributed by atoms with Gasteiger partial charge in [-0.3, -0.25) is 9.48 Å². The van der Waals surface area contributed by atoms with E-state index in [1.54, 1.807) is 16.9 Å².